The van der Waals surface area contributed by atoms with Crippen LogP contribution in [0.5, 0.6) is 0 Å². The molecule has 1 fully saturated rings. The molecule has 2 aromatic rings. The maximum atomic E-state index is 6.18. The lowest BCUT2D eigenvalue weighted by molar-refractivity contribution is 0.253. The molecule has 0 spiro atoms. The van der Waals surface area contributed by atoms with Crippen LogP contribution < -0.4 is 5.73 Å². The molecule has 90 valence electrons. The van der Waals surface area contributed by atoms with Crippen molar-refractivity contribution in [1.82, 2.24) is 4.57 Å². The number of fused-ring (bicyclic) bond motifs is 1. The number of nitrogens with two attached hydrogens (primary N) is 1. The molecule has 2 nitrogen and oxygen atoms in total. The fraction of sp³-hybridized carbons (Fsp3) is 0.429. The molecule has 1 aliphatic rings. The molecule has 0 aliphatic heterocycles. The van der Waals surface area contributed by atoms with Gasteiger partial charge >= 0.3 is 0 Å². The van der Waals surface area contributed by atoms with Crippen LogP contribution in [0, 0.1) is 0 Å². The van der Waals surface area contributed by atoms with Gasteiger partial charge in [0.2, 0.25) is 0 Å². The van der Waals surface area contributed by atoms with Crippen molar-refractivity contribution in [3.63, 3.8) is 0 Å². The average Bonchev–Trinajstić information content (AvgIpc) is 2.54. The topological polar surface area (TPSA) is 30.9 Å². The van der Waals surface area contributed by atoms with Gasteiger partial charge in [0.15, 0.2) is 0 Å². The van der Waals surface area contributed by atoms with Gasteiger partial charge in [-0.05, 0) is 24.5 Å². The molecule has 0 atom stereocenters. The standard InChI is InChI=1S/C14H17ClN2/c1-17-8-12(15)11-4-3-10(7-13(11)17)14(9-16)5-2-6-14/h3-4,7-8H,2,5-6,9,16H2,1H3. The molecule has 17 heavy (non-hydrogen) atoms. The zero-order valence-corrected chi connectivity index (χ0v) is 10.8. The summed E-state index contributed by atoms with van der Waals surface area (Å²) in [4.78, 5) is 0. The van der Waals surface area contributed by atoms with Crippen molar-refractivity contribution < 1.29 is 0 Å². The highest BCUT2D eigenvalue weighted by Gasteiger charge is 2.37. The van der Waals surface area contributed by atoms with E-state index in [2.05, 4.69) is 22.8 Å². The van der Waals surface area contributed by atoms with Gasteiger partial charge in [-0.15, -0.1) is 0 Å². The fourth-order valence-corrected chi connectivity index (χ4v) is 3.18. The van der Waals surface area contributed by atoms with Crippen LogP contribution in [0.25, 0.3) is 10.9 Å². The van der Waals surface area contributed by atoms with Crippen LogP contribution in [-0.2, 0) is 12.5 Å². The molecule has 1 saturated carbocycles. The molecule has 0 bridgehead atoms. The van der Waals surface area contributed by atoms with Crippen LogP contribution in [0.3, 0.4) is 0 Å². The zero-order chi connectivity index (χ0) is 12.0. The molecule has 1 aromatic carbocycles. The summed E-state index contributed by atoms with van der Waals surface area (Å²) < 4.78 is 2.09. The number of hydrogen-bond acceptors (Lipinski definition) is 1. The van der Waals surface area contributed by atoms with Crippen LogP contribution in [0.4, 0.5) is 0 Å². The van der Waals surface area contributed by atoms with Crippen LogP contribution in [-0.4, -0.2) is 11.1 Å². The van der Waals surface area contributed by atoms with Crippen LogP contribution in [0.1, 0.15) is 24.8 Å². The van der Waals surface area contributed by atoms with E-state index in [9.17, 15) is 0 Å². The Bertz CT molecular complexity index is 561. The van der Waals surface area contributed by atoms with Crippen LogP contribution in [0.15, 0.2) is 24.4 Å². The summed E-state index contributed by atoms with van der Waals surface area (Å²) in [7, 11) is 2.04. The number of halogens is 1. The Morgan fingerprint density at radius 2 is 2.18 bits per heavy atom. The summed E-state index contributed by atoms with van der Waals surface area (Å²) in [6.07, 6.45) is 5.69. The summed E-state index contributed by atoms with van der Waals surface area (Å²) in [6, 6.07) is 6.58. The van der Waals surface area contributed by atoms with Crippen molar-refractivity contribution in [3.05, 3.63) is 35.0 Å². The normalized spacial score (nSPS) is 18.3. The van der Waals surface area contributed by atoms with Gasteiger partial charge in [0.1, 0.15) is 0 Å². The molecule has 3 rings (SSSR count). The smallest absolute Gasteiger partial charge is 0.0661 e. The fourth-order valence-electron chi connectivity index (χ4n) is 2.88. The molecular weight excluding hydrogens is 232 g/mol. The van der Waals surface area contributed by atoms with Crippen LogP contribution >= 0.6 is 11.6 Å². The van der Waals surface area contributed by atoms with Gasteiger partial charge in [0.05, 0.1) is 5.02 Å². The van der Waals surface area contributed by atoms with Crippen molar-refractivity contribution in [2.75, 3.05) is 6.54 Å². The maximum absolute atomic E-state index is 6.18. The van der Waals surface area contributed by atoms with E-state index < -0.39 is 0 Å². The third-order valence-corrected chi connectivity index (χ3v) is 4.56. The first kappa shape index (κ1) is 11.1. The molecule has 1 aromatic heterocycles. The number of aryl methyl sites for hydroxylation is 1. The minimum atomic E-state index is 0.227. The second-order valence-electron chi connectivity index (χ2n) is 5.16. The Kier molecular flexibility index (Phi) is 2.46. The summed E-state index contributed by atoms with van der Waals surface area (Å²) in [5.74, 6) is 0. The molecule has 1 heterocycles. The third kappa shape index (κ3) is 1.51. The average molecular weight is 249 g/mol. The van der Waals surface area contributed by atoms with E-state index in [1.807, 2.05) is 13.2 Å². The molecule has 1 aliphatic carbocycles. The predicted octanol–water partition coefficient (Wildman–Crippen LogP) is 3.21. The molecule has 0 radical (unpaired) electrons. The van der Waals surface area contributed by atoms with E-state index in [-0.39, 0.29) is 5.41 Å². The van der Waals surface area contributed by atoms with Gasteiger partial charge in [-0.3, -0.25) is 0 Å². The second kappa shape index (κ2) is 3.76. The third-order valence-electron chi connectivity index (χ3n) is 4.26. The molecule has 2 N–H and O–H groups in total. The Morgan fingerprint density at radius 3 is 2.76 bits per heavy atom. The number of aromatic nitrogens is 1. The zero-order valence-electron chi connectivity index (χ0n) is 10.0. The first-order chi connectivity index (χ1) is 8.16. The number of hydrogen-bond donors (Lipinski definition) is 1. The number of rotatable bonds is 2. The van der Waals surface area contributed by atoms with E-state index in [1.165, 1.54) is 30.3 Å². The SMILES string of the molecule is Cn1cc(Cl)c2ccc(C3(CN)CCC3)cc21. The van der Waals surface area contributed by atoms with Gasteiger partial charge in [-0.25, -0.2) is 0 Å². The van der Waals surface area contributed by atoms with Crippen molar-refractivity contribution in [2.24, 2.45) is 12.8 Å². The maximum Gasteiger partial charge on any atom is 0.0661 e. The van der Waals surface area contributed by atoms with Gasteiger partial charge < -0.3 is 10.3 Å². The monoisotopic (exact) mass is 248 g/mol. The highest BCUT2D eigenvalue weighted by Crippen LogP contribution is 2.43. The van der Waals surface area contributed by atoms with Crippen molar-refractivity contribution >= 4 is 22.5 Å². The summed E-state index contributed by atoms with van der Waals surface area (Å²) in [5, 5.41) is 1.95. The van der Waals surface area contributed by atoms with Crippen molar-refractivity contribution in [1.29, 1.82) is 0 Å². The molecule has 0 amide bonds. The minimum absolute atomic E-state index is 0.227. The largest absolute Gasteiger partial charge is 0.349 e. The van der Waals surface area contributed by atoms with Gasteiger partial charge in [0.25, 0.3) is 0 Å². The van der Waals surface area contributed by atoms with Crippen molar-refractivity contribution in [2.45, 2.75) is 24.7 Å². The van der Waals surface area contributed by atoms with E-state index in [0.717, 1.165) is 17.0 Å². The number of benzene rings is 1. The first-order valence-corrected chi connectivity index (χ1v) is 6.49. The highest BCUT2D eigenvalue weighted by molar-refractivity contribution is 6.35. The summed E-state index contributed by atoms with van der Waals surface area (Å²) in [5.41, 5.74) is 8.76. The van der Waals surface area contributed by atoms with Crippen molar-refractivity contribution in [3.8, 4) is 0 Å². The van der Waals surface area contributed by atoms with Gasteiger partial charge in [-0.1, -0.05) is 30.2 Å². The number of nitrogens with zero attached hydrogens (tertiary/aromatic N) is 1. The lowest BCUT2D eigenvalue weighted by Gasteiger charge is -2.41. The van der Waals surface area contributed by atoms with E-state index in [1.54, 1.807) is 0 Å². The first-order valence-electron chi connectivity index (χ1n) is 6.11. The summed E-state index contributed by atoms with van der Waals surface area (Å²) >= 11 is 6.18. The van der Waals surface area contributed by atoms with E-state index >= 15 is 0 Å². The highest BCUT2D eigenvalue weighted by atomic mass is 35.5. The lowest BCUT2D eigenvalue weighted by atomic mass is 9.64. The lowest BCUT2D eigenvalue weighted by Crippen LogP contribution is -2.41. The molecule has 3 heteroatoms. The predicted molar refractivity (Wildman–Crippen MR) is 72.5 cm³/mol. The molecule has 0 saturated heterocycles. The Balaban J connectivity index is 2.16. The molecular formula is C14H17ClN2. The summed E-state index contributed by atoms with van der Waals surface area (Å²) in [6.45, 7) is 0.747. The van der Waals surface area contributed by atoms with E-state index in [0.29, 0.717) is 0 Å². The second-order valence-corrected chi connectivity index (χ2v) is 5.57. The Morgan fingerprint density at radius 1 is 1.41 bits per heavy atom. The van der Waals surface area contributed by atoms with Gasteiger partial charge in [-0.2, -0.15) is 0 Å². The quantitative estimate of drug-likeness (QED) is 0.869. The van der Waals surface area contributed by atoms with Crippen LogP contribution in [0.2, 0.25) is 5.02 Å². The Hall–Kier alpha value is -0.990. The van der Waals surface area contributed by atoms with E-state index in [4.69, 9.17) is 17.3 Å². The minimum Gasteiger partial charge on any atom is -0.349 e. The van der Waals surface area contributed by atoms with Gasteiger partial charge in [0, 0.05) is 36.1 Å². The molecule has 0 unspecified atom stereocenters. The Labute approximate surface area is 106 Å².